The number of hydrogen-bond acceptors (Lipinski definition) is 4. The highest BCUT2D eigenvalue weighted by Gasteiger charge is 2.26. The van der Waals surface area contributed by atoms with E-state index in [0.29, 0.717) is 12.6 Å². The molecule has 0 aliphatic heterocycles. The van der Waals surface area contributed by atoms with Gasteiger partial charge in [-0.05, 0) is 32.2 Å². The van der Waals surface area contributed by atoms with Crippen LogP contribution in [0.15, 0.2) is 10.9 Å². The van der Waals surface area contributed by atoms with Gasteiger partial charge in [-0.1, -0.05) is 6.92 Å². The van der Waals surface area contributed by atoms with Crippen LogP contribution in [0.1, 0.15) is 38.4 Å². The summed E-state index contributed by atoms with van der Waals surface area (Å²) in [6, 6.07) is 2.14. The highest BCUT2D eigenvalue weighted by molar-refractivity contribution is 5.39. The summed E-state index contributed by atoms with van der Waals surface area (Å²) in [5, 5.41) is 0. The van der Waals surface area contributed by atoms with Gasteiger partial charge >= 0.3 is 0 Å². The van der Waals surface area contributed by atoms with E-state index in [0.717, 1.165) is 31.0 Å². The molecule has 1 fully saturated rings. The first-order valence-corrected chi connectivity index (χ1v) is 6.81. The summed E-state index contributed by atoms with van der Waals surface area (Å²) in [4.78, 5) is 21.2. The summed E-state index contributed by atoms with van der Waals surface area (Å²) in [5.41, 5.74) is 5.52. The third kappa shape index (κ3) is 2.90. The van der Waals surface area contributed by atoms with Gasteiger partial charge in [-0.15, -0.1) is 0 Å². The zero-order chi connectivity index (χ0) is 13.0. The summed E-state index contributed by atoms with van der Waals surface area (Å²) in [5.74, 6) is 1.57. The average molecular weight is 250 g/mol. The van der Waals surface area contributed by atoms with Crippen molar-refractivity contribution in [1.82, 2.24) is 9.97 Å². The van der Waals surface area contributed by atoms with E-state index < -0.39 is 0 Å². The molecule has 0 spiro atoms. The summed E-state index contributed by atoms with van der Waals surface area (Å²) in [6.07, 6.45) is 5.35. The molecule has 1 heterocycles. The van der Waals surface area contributed by atoms with E-state index in [1.807, 2.05) is 6.92 Å². The lowest BCUT2D eigenvalue weighted by molar-refractivity contribution is 0.382. The Morgan fingerprint density at radius 2 is 2.33 bits per heavy atom. The van der Waals surface area contributed by atoms with E-state index in [-0.39, 0.29) is 5.56 Å². The Bertz CT molecular complexity index is 439. The predicted molar refractivity (Wildman–Crippen MR) is 72.9 cm³/mol. The molecule has 1 aromatic heterocycles. The number of aromatic amines is 1. The van der Waals surface area contributed by atoms with E-state index in [2.05, 4.69) is 14.9 Å². The molecule has 0 bridgehead atoms. The molecule has 3 N–H and O–H groups in total. The highest BCUT2D eigenvalue weighted by atomic mass is 16.1. The van der Waals surface area contributed by atoms with Crippen LogP contribution in [0, 0.1) is 0 Å². The van der Waals surface area contributed by atoms with Crippen molar-refractivity contribution in [2.24, 2.45) is 5.73 Å². The van der Waals surface area contributed by atoms with Crippen LogP contribution in [0.3, 0.4) is 0 Å². The van der Waals surface area contributed by atoms with Gasteiger partial charge in [0, 0.05) is 25.1 Å². The number of aromatic nitrogens is 2. The molecule has 1 aliphatic rings. The fourth-order valence-electron chi connectivity index (χ4n) is 2.25. The maximum atomic E-state index is 11.6. The van der Waals surface area contributed by atoms with Gasteiger partial charge in [0.05, 0.1) is 0 Å². The second-order valence-corrected chi connectivity index (χ2v) is 4.82. The minimum atomic E-state index is -0.0612. The van der Waals surface area contributed by atoms with Gasteiger partial charge in [-0.25, -0.2) is 4.98 Å². The molecule has 0 aromatic carbocycles. The lowest BCUT2D eigenvalue weighted by Crippen LogP contribution is -2.42. The first-order valence-electron chi connectivity index (χ1n) is 6.81. The summed E-state index contributed by atoms with van der Waals surface area (Å²) in [7, 11) is 0. The number of nitrogens with zero attached hydrogens (tertiary/aromatic N) is 2. The number of rotatable bonds is 6. The van der Waals surface area contributed by atoms with Gasteiger partial charge in [0.1, 0.15) is 11.6 Å². The zero-order valence-electron chi connectivity index (χ0n) is 11.0. The molecule has 0 saturated heterocycles. The number of hydrogen-bond donors (Lipinski definition) is 2. The van der Waals surface area contributed by atoms with Gasteiger partial charge < -0.3 is 15.6 Å². The molecule has 0 atom stereocenters. The van der Waals surface area contributed by atoms with E-state index in [1.54, 1.807) is 6.07 Å². The lowest BCUT2D eigenvalue weighted by atomic mass is 9.91. The molecule has 1 aliphatic carbocycles. The Labute approximate surface area is 107 Å². The summed E-state index contributed by atoms with van der Waals surface area (Å²) < 4.78 is 0. The van der Waals surface area contributed by atoms with Crippen LogP contribution in [0.4, 0.5) is 5.82 Å². The lowest BCUT2D eigenvalue weighted by Gasteiger charge is -2.38. The SMILES string of the molecule is CCc1nc(N(CCCN)C2CCC2)cc(=O)[nH]1. The topological polar surface area (TPSA) is 75.0 Å². The molecule has 0 unspecified atom stereocenters. The smallest absolute Gasteiger partial charge is 0.252 e. The second kappa shape index (κ2) is 6.00. The highest BCUT2D eigenvalue weighted by Crippen LogP contribution is 2.28. The predicted octanol–water partition coefficient (Wildman–Crippen LogP) is 1.04. The molecule has 5 nitrogen and oxygen atoms in total. The fourth-order valence-corrected chi connectivity index (χ4v) is 2.25. The minimum Gasteiger partial charge on any atom is -0.353 e. The van der Waals surface area contributed by atoms with Crippen molar-refractivity contribution in [3.05, 3.63) is 22.2 Å². The molecule has 1 saturated carbocycles. The number of H-pyrrole nitrogens is 1. The van der Waals surface area contributed by atoms with E-state index in [9.17, 15) is 4.79 Å². The monoisotopic (exact) mass is 250 g/mol. The van der Waals surface area contributed by atoms with Crippen molar-refractivity contribution in [2.45, 2.75) is 45.1 Å². The van der Waals surface area contributed by atoms with Crippen LogP contribution in [0.2, 0.25) is 0 Å². The van der Waals surface area contributed by atoms with Gasteiger partial charge in [-0.2, -0.15) is 0 Å². The van der Waals surface area contributed by atoms with Crippen molar-refractivity contribution < 1.29 is 0 Å². The Balaban J connectivity index is 2.22. The first kappa shape index (κ1) is 13.1. The second-order valence-electron chi connectivity index (χ2n) is 4.82. The van der Waals surface area contributed by atoms with Crippen molar-refractivity contribution in [2.75, 3.05) is 18.0 Å². The molecule has 2 rings (SSSR count). The number of aryl methyl sites for hydroxylation is 1. The summed E-state index contributed by atoms with van der Waals surface area (Å²) in [6.45, 7) is 3.56. The van der Waals surface area contributed by atoms with Gasteiger partial charge in [-0.3, -0.25) is 4.79 Å². The van der Waals surface area contributed by atoms with E-state index >= 15 is 0 Å². The maximum absolute atomic E-state index is 11.6. The average Bonchev–Trinajstić information content (AvgIpc) is 2.31. The Morgan fingerprint density at radius 1 is 1.56 bits per heavy atom. The standard InChI is InChI=1S/C13H22N4O/c1-2-11-15-12(9-13(18)16-11)17(8-4-7-14)10-5-3-6-10/h9-10H,2-8,14H2,1H3,(H,15,16,18). The largest absolute Gasteiger partial charge is 0.353 e. The van der Waals surface area contributed by atoms with Crippen LogP contribution in [-0.4, -0.2) is 29.1 Å². The first-order chi connectivity index (χ1) is 8.74. The molecular formula is C13H22N4O. The number of nitrogens with two attached hydrogens (primary N) is 1. The quantitative estimate of drug-likeness (QED) is 0.791. The van der Waals surface area contributed by atoms with E-state index in [4.69, 9.17) is 5.73 Å². The van der Waals surface area contributed by atoms with E-state index in [1.165, 1.54) is 19.3 Å². The number of nitrogens with one attached hydrogen (secondary N) is 1. The molecule has 1 aromatic rings. The molecular weight excluding hydrogens is 228 g/mol. The van der Waals surface area contributed by atoms with Crippen LogP contribution in [-0.2, 0) is 6.42 Å². The van der Waals surface area contributed by atoms with Crippen molar-refractivity contribution in [3.8, 4) is 0 Å². The Morgan fingerprint density at radius 3 is 2.89 bits per heavy atom. The van der Waals surface area contributed by atoms with Crippen LogP contribution >= 0.6 is 0 Å². The van der Waals surface area contributed by atoms with Gasteiger partial charge in [0.25, 0.3) is 5.56 Å². The van der Waals surface area contributed by atoms with Crippen molar-refractivity contribution >= 4 is 5.82 Å². The third-order valence-corrected chi connectivity index (χ3v) is 3.52. The molecule has 0 amide bonds. The van der Waals surface area contributed by atoms with Crippen molar-refractivity contribution in [1.29, 1.82) is 0 Å². The molecule has 0 radical (unpaired) electrons. The molecule has 100 valence electrons. The van der Waals surface area contributed by atoms with Gasteiger partial charge in [0.15, 0.2) is 0 Å². The van der Waals surface area contributed by atoms with Crippen LogP contribution in [0.5, 0.6) is 0 Å². The fraction of sp³-hybridized carbons (Fsp3) is 0.692. The Hall–Kier alpha value is -1.36. The normalized spacial score (nSPS) is 15.4. The minimum absolute atomic E-state index is 0.0612. The zero-order valence-corrected chi connectivity index (χ0v) is 11.0. The van der Waals surface area contributed by atoms with Gasteiger partial charge in [0.2, 0.25) is 0 Å². The molecule has 18 heavy (non-hydrogen) atoms. The third-order valence-electron chi connectivity index (χ3n) is 3.52. The summed E-state index contributed by atoms with van der Waals surface area (Å²) >= 11 is 0. The van der Waals surface area contributed by atoms with Crippen LogP contribution < -0.4 is 16.2 Å². The maximum Gasteiger partial charge on any atom is 0.252 e. The number of anilines is 1. The molecule has 5 heteroatoms. The Kier molecular flexibility index (Phi) is 4.36. The van der Waals surface area contributed by atoms with Crippen LogP contribution in [0.25, 0.3) is 0 Å². The van der Waals surface area contributed by atoms with Crippen molar-refractivity contribution in [3.63, 3.8) is 0 Å².